The average molecular weight is 282 g/mol. The third-order valence-electron chi connectivity index (χ3n) is 3.58. The number of nitrogens with zero attached hydrogens (tertiary/aromatic N) is 2. The molecular formula is C16H18N4O. The summed E-state index contributed by atoms with van der Waals surface area (Å²) in [5, 5.41) is 6.08. The number of rotatable bonds is 4. The van der Waals surface area contributed by atoms with Gasteiger partial charge in [-0.25, -0.2) is 9.97 Å². The Kier molecular flexibility index (Phi) is 3.56. The predicted octanol–water partition coefficient (Wildman–Crippen LogP) is 2.92. The molecule has 0 radical (unpaired) electrons. The van der Waals surface area contributed by atoms with Gasteiger partial charge >= 0.3 is 0 Å². The lowest BCUT2D eigenvalue weighted by Crippen LogP contribution is -2.15. The van der Waals surface area contributed by atoms with Crippen molar-refractivity contribution >= 4 is 17.4 Å². The van der Waals surface area contributed by atoms with Gasteiger partial charge in [0.15, 0.2) is 0 Å². The van der Waals surface area contributed by atoms with Crippen molar-refractivity contribution in [2.24, 2.45) is 0 Å². The summed E-state index contributed by atoms with van der Waals surface area (Å²) in [5.74, 6) is 0.476. The molecule has 5 nitrogen and oxygen atoms in total. The molecule has 1 fully saturated rings. The van der Waals surface area contributed by atoms with Gasteiger partial charge in [-0.1, -0.05) is 6.07 Å². The first kappa shape index (κ1) is 13.5. The Hall–Kier alpha value is -2.43. The number of nitrogens with one attached hydrogen (secondary N) is 2. The standard InChI is InChI=1S/C16H18N4O/c1-10-3-4-13(7-11(10)2)20-16(21)14-8-18-15(9-17-14)19-12-5-6-12/h3-4,7-9,12H,5-6H2,1-2H3,(H,18,19)(H,20,21). The van der Waals surface area contributed by atoms with E-state index < -0.39 is 0 Å². The van der Waals surface area contributed by atoms with E-state index in [-0.39, 0.29) is 5.91 Å². The Bertz CT molecular complexity index is 662. The van der Waals surface area contributed by atoms with Crippen molar-refractivity contribution in [3.05, 3.63) is 47.4 Å². The molecule has 1 amide bonds. The van der Waals surface area contributed by atoms with Crippen LogP contribution in [0.3, 0.4) is 0 Å². The van der Waals surface area contributed by atoms with Crippen LogP contribution in [0.4, 0.5) is 11.5 Å². The molecule has 1 aliphatic rings. The third-order valence-corrected chi connectivity index (χ3v) is 3.58. The SMILES string of the molecule is Cc1ccc(NC(=O)c2cnc(NC3CC3)cn2)cc1C. The molecule has 21 heavy (non-hydrogen) atoms. The zero-order valence-electron chi connectivity index (χ0n) is 12.2. The van der Waals surface area contributed by atoms with E-state index in [2.05, 4.69) is 20.6 Å². The molecule has 2 N–H and O–H groups in total. The normalized spacial score (nSPS) is 13.8. The maximum absolute atomic E-state index is 12.1. The summed E-state index contributed by atoms with van der Waals surface area (Å²) in [6.45, 7) is 4.06. The molecule has 0 bridgehead atoms. The number of aryl methyl sites for hydroxylation is 2. The molecule has 0 unspecified atom stereocenters. The van der Waals surface area contributed by atoms with Crippen molar-refractivity contribution in [2.75, 3.05) is 10.6 Å². The minimum atomic E-state index is -0.247. The Balaban J connectivity index is 1.67. The van der Waals surface area contributed by atoms with Gasteiger partial charge in [0.05, 0.1) is 12.4 Å². The zero-order valence-corrected chi connectivity index (χ0v) is 12.2. The summed E-state index contributed by atoms with van der Waals surface area (Å²) in [6.07, 6.45) is 5.46. The van der Waals surface area contributed by atoms with Crippen LogP contribution in [-0.4, -0.2) is 21.9 Å². The van der Waals surface area contributed by atoms with Crippen LogP contribution in [0, 0.1) is 13.8 Å². The Morgan fingerprint density at radius 2 is 1.95 bits per heavy atom. The van der Waals surface area contributed by atoms with E-state index >= 15 is 0 Å². The van der Waals surface area contributed by atoms with Crippen molar-refractivity contribution < 1.29 is 4.79 Å². The van der Waals surface area contributed by atoms with E-state index in [1.54, 1.807) is 6.20 Å². The van der Waals surface area contributed by atoms with Gasteiger partial charge in [-0.3, -0.25) is 4.79 Å². The van der Waals surface area contributed by atoms with Crippen molar-refractivity contribution in [1.82, 2.24) is 9.97 Å². The second kappa shape index (κ2) is 5.52. The van der Waals surface area contributed by atoms with Crippen LogP contribution < -0.4 is 10.6 Å². The first-order valence-corrected chi connectivity index (χ1v) is 7.09. The summed E-state index contributed by atoms with van der Waals surface area (Å²) in [5.41, 5.74) is 3.42. The van der Waals surface area contributed by atoms with Crippen LogP contribution in [0.1, 0.15) is 34.5 Å². The second-order valence-electron chi connectivity index (χ2n) is 5.46. The highest BCUT2D eigenvalue weighted by atomic mass is 16.1. The molecule has 1 aromatic carbocycles. The largest absolute Gasteiger partial charge is 0.366 e. The first-order chi connectivity index (χ1) is 10.1. The molecule has 3 rings (SSSR count). The number of hydrogen-bond acceptors (Lipinski definition) is 4. The van der Waals surface area contributed by atoms with Crippen LogP contribution in [0.2, 0.25) is 0 Å². The fourth-order valence-corrected chi connectivity index (χ4v) is 1.97. The maximum Gasteiger partial charge on any atom is 0.275 e. The van der Waals surface area contributed by atoms with E-state index in [0.717, 1.165) is 17.1 Å². The van der Waals surface area contributed by atoms with E-state index in [4.69, 9.17) is 0 Å². The molecule has 1 aromatic heterocycles. The van der Waals surface area contributed by atoms with E-state index in [1.807, 2.05) is 32.0 Å². The lowest BCUT2D eigenvalue weighted by molar-refractivity contribution is 0.102. The van der Waals surface area contributed by atoms with Crippen molar-refractivity contribution in [1.29, 1.82) is 0 Å². The second-order valence-corrected chi connectivity index (χ2v) is 5.46. The lowest BCUT2D eigenvalue weighted by Gasteiger charge is -2.08. The summed E-state index contributed by atoms with van der Waals surface area (Å²) >= 11 is 0. The maximum atomic E-state index is 12.1. The van der Waals surface area contributed by atoms with Crippen LogP contribution in [-0.2, 0) is 0 Å². The minimum absolute atomic E-state index is 0.247. The monoisotopic (exact) mass is 282 g/mol. The molecule has 0 saturated heterocycles. The number of hydrogen-bond donors (Lipinski definition) is 2. The number of anilines is 2. The lowest BCUT2D eigenvalue weighted by atomic mass is 10.1. The molecule has 2 aromatic rings. The van der Waals surface area contributed by atoms with Gasteiger partial charge in [-0.2, -0.15) is 0 Å². The molecule has 5 heteroatoms. The predicted molar refractivity (Wildman–Crippen MR) is 82.5 cm³/mol. The smallest absolute Gasteiger partial charge is 0.275 e. The van der Waals surface area contributed by atoms with Gasteiger partial charge in [0.1, 0.15) is 11.5 Å². The van der Waals surface area contributed by atoms with E-state index in [0.29, 0.717) is 11.7 Å². The topological polar surface area (TPSA) is 66.9 Å². The minimum Gasteiger partial charge on any atom is -0.366 e. The fraction of sp³-hybridized carbons (Fsp3) is 0.312. The van der Waals surface area contributed by atoms with Gasteiger partial charge in [-0.15, -0.1) is 0 Å². The van der Waals surface area contributed by atoms with Crippen molar-refractivity contribution in [2.45, 2.75) is 32.7 Å². The number of amides is 1. The highest BCUT2D eigenvalue weighted by Gasteiger charge is 2.21. The molecule has 1 aliphatic carbocycles. The molecule has 0 aliphatic heterocycles. The number of benzene rings is 1. The summed E-state index contributed by atoms with van der Waals surface area (Å²) in [7, 11) is 0. The number of carbonyl (C=O) groups is 1. The Labute approximate surface area is 123 Å². The molecule has 1 saturated carbocycles. The number of aromatic nitrogens is 2. The van der Waals surface area contributed by atoms with Crippen LogP contribution in [0.25, 0.3) is 0 Å². The summed E-state index contributed by atoms with van der Waals surface area (Å²) in [4.78, 5) is 20.5. The molecular weight excluding hydrogens is 264 g/mol. The van der Waals surface area contributed by atoms with Gasteiger partial charge in [0, 0.05) is 11.7 Å². The summed E-state index contributed by atoms with van der Waals surface area (Å²) < 4.78 is 0. The van der Waals surface area contributed by atoms with Gasteiger partial charge < -0.3 is 10.6 Å². The van der Waals surface area contributed by atoms with Crippen molar-refractivity contribution in [3.63, 3.8) is 0 Å². The number of carbonyl (C=O) groups excluding carboxylic acids is 1. The Morgan fingerprint density at radius 3 is 2.57 bits per heavy atom. The van der Waals surface area contributed by atoms with Gasteiger partial charge in [0.2, 0.25) is 0 Å². The molecule has 1 heterocycles. The van der Waals surface area contributed by atoms with Gasteiger partial charge in [-0.05, 0) is 49.9 Å². The highest BCUT2D eigenvalue weighted by molar-refractivity contribution is 6.02. The van der Waals surface area contributed by atoms with Crippen LogP contribution >= 0.6 is 0 Å². The zero-order chi connectivity index (χ0) is 14.8. The Morgan fingerprint density at radius 1 is 1.14 bits per heavy atom. The molecule has 0 atom stereocenters. The first-order valence-electron chi connectivity index (χ1n) is 7.09. The van der Waals surface area contributed by atoms with Crippen LogP contribution in [0.5, 0.6) is 0 Å². The van der Waals surface area contributed by atoms with E-state index in [1.165, 1.54) is 24.6 Å². The average Bonchev–Trinajstić information content (AvgIpc) is 3.28. The molecule has 108 valence electrons. The third kappa shape index (κ3) is 3.37. The quantitative estimate of drug-likeness (QED) is 0.904. The molecule has 0 spiro atoms. The van der Waals surface area contributed by atoms with Crippen LogP contribution in [0.15, 0.2) is 30.6 Å². The van der Waals surface area contributed by atoms with Crippen molar-refractivity contribution in [3.8, 4) is 0 Å². The fourth-order valence-electron chi connectivity index (χ4n) is 1.97. The summed E-state index contributed by atoms with van der Waals surface area (Å²) in [6, 6.07) is 6.34. The highest BCUT2D eigenvalue weighted by Crippen LogP contribution is 2.23. The van der Waals surface area contributed by atoms with Gasteiger partial charge in [0.25, 0.3) is 5.91 Å². The van der Waals surface area contributed by atoms with E-state index in [9.17, 15) is 4.79 Å².